The number of ether oxygens (including phenoxy) is 1. The molecule has 0 saturated carbocycles. The molecule has 2 nitrogen and oxygen atoms in total. The van der Waals surface area contributed by atoms with Crippen LogP contribution in [0.25, 0.3) is 0 Å². The molecule has 18 heavy (non-hydrogen) atoms. The second-order valence-corrected chi connectivity index (χ2v) is 6.83. The Hall–Kier alpha value is -0.910. The van der Waals surface area contributed by atoms with Gasteiger partial charge < -0.3 is 10.5 Å². The summed E-state index contributed by atoms with van der Waals surface area (Å²) >= 11 is 10.1. The number of aryl methyl sites for hydroxylation is 1. The van der Waals surface area contributed by atoms with Crippen molar-refractivity contribution in [3.63, 3.8) is 0 Å². The molecule has 0 unspecified atom stereocenters. The molecule has 2 N–H and O–H groups in total. The monoisotopic (exact) mass is 341 g/mol. The maximum absolute atomic E-state index is 5.80. The predicted molar refractivity (Wildman–Crippen MR) is 83.4 cm³/mol. The average molecular weight is 342 g/mol. The van der Waals surface area contributed by atoms with Gasteiger partial charge in [-0.05, 0) is 46.6 Å². The minimum absolute atomic E-state index is 0.388. The Kier molecular flexibility index (Phi) is 4.37. The number of benzene rings is 1. The zero-order valence-corrected chi connectivity index (χ0v) is 13.0. The first-order chi connectivity index (χ1) is 8.56. The van der Waals surface area contributed by atoms with E-state index >= 15 is 0 Å². The number of hydrogen-bond acceptors (Lipinski definition) is 3. The second kappa shape index (κ2) is 5.82. The van der Waals surface area contributed by atoms with Gasteiger partial charge in [-0.25, -0.2) is 0 Å². The molecule has 0 aliphatic carbocycles. The Balaban J connectivity index is 2.13. The first-order valence-electron chi connectivity index (χ1n) is 5.34. The van der Waals surface area contributed by atoms with Crippen LogP contribution in [0, 0.1) is 6.92 Å². The summed E-state index contributed by atoms with van der Waals surface area (Å²) in [7, 11) is 0. The molecular weight excluding hydrogens is 330 g/mol. The molecule has 94 valence electrons. The van der Waals surface area contributed by atoms with E-state index in [-0.39, 0.29) is 0 Å². The van der Waals surface area contributed by atoms with Gasteiger partial charge in [0.15, 0.2) is 0 Å². The van der Waals surface area contributed by atoms with Gasteiger partial charge in [0.2, 0.25) is 0 Å². The first-order valence-corrected chi connectivity index (χ1v) is 7.35. The molecule has 0 fully saturated rings. The fourth-order valence-electron chi connectivity index (χ4n) is 1.49. The van der Waals surface area contributed by atoms with Crippen molar-refractivity contribution in [2.45, 2.75) is 13.5 Å². The smallest absolute Gasteiger partial charge is 0.123 e. The van der Waals surface area contributed by atoms with Gasteiger partial charge >= 0.3 is 0 Å². The number of thiophene rings is 1. The standard InChI is InChI=1S/C13H12BrNOS2/c1-8-2-3-9(13(15)17)6-11(8)16-7-10-4-5-12(14)18-10/h2-6H,7H2,1H3,(H2,15,17). The van der Waals surface area contributed by atoms with Crippen LogP contribution in [-0.4, -0.2) is 4.99 Å². The van der Waals surface area contributed by atoms with Crippen molar-refractivity contribution in [2.75, 3.05) is 0 Å². The lowest BCUT2D eigenvalue weighted by molar-refractivity contribution is 0.307. The molecule has 0 aliphatic rings. The molecule has 0 radical (unpaired) electrons. The maximum atomic E-state index is 5.80. The SMILES string of the molecule is Cc1ccc(C(N)=S)cc1OCc1ccc(Br)s1. The highest BCUT2D eigenvalue weighted by Crippen LogP contribution is 2.25. The summed E-state index contributed by atoms with van der Waals surface area (Å²) in [6, 6.07) is 9.82. The minimum Gasteiger partial charge on any atom is -0.488 e. The van der Waals surface area contributed by atoms with Gasteiger partial charge in [0.25, 0.3) is 0 Å². The van der Waals surface area contributed by atoms with Gasteiger partial charge in [-0.1, -0.05) is 24.4 Å². The highest BCUT2D eigenvalue weighted by atomic mass is 79.9. The summed E-state index contributed by atoms with van der Waals surface area (Å²) in [5.41, 5.74) is 7.52. The summed E-state index contributed by atoms with van der Waals surface area (Å²) in [4.78, 5) is 1.56. The third-order valence-electron chi connectivity index (χ3n) is 2.47. The van der Waals surface area contributed by atoms with Crippen LogP contribution in [0.1, 0.15) is 16.0 Å². The van der Waals surface area contributed by atoms with E-state index in [1.807, 2.05) is 37.3 Å². The van der Waals surface area contributed by atoms with Gasteiger partial charge in [-0.15, -0.1) is 11.3 Å². The molecule has 1 aromatic heterocycles. The van der Waals surface area contributed by atoms with Crippen molar-refractivity contribution in [3.8, 4) is 5.75 Å². The number of rotatable bonds is 4. The van der Waals surface area contributed by atoms with Crippen LogP contribution in [0.4, 0.5) is 0 Å². The largest absolute Gasteiger partial charge is 0.488 e. The summed E-state index contributed by atoms with van der Waals surface area (Å²) in [6.45, 7) is 2.56. The zero-order valence-electron chi connectivity index (χ0n) is 9.77. The summed E-state index contributed by atoms with van der Waals surface area (Å²) < 4.78 is 6.91. The lowest BCUT2D eigenvalue weighted by Gasteiger charge is -2.09. The summed E-state index contributed by atoms with van der Waals surface area (Å²) in [5, 5.41) is 0. The number of halogens is 1. The van der Waals surface area contributed by atoms with E-state index < -0.39 is 0 Å². The lowest BCUT2D eigenvalue weighted by atomic mass is 10.1. The molecule has 2 aromatic rings. The van der Waals surface area contributed by atoms with E-state index in [0.717, 1.165) is 20.7 Å². The van der Waals surface area contributed by atoms with Crippen molar-refractivity contribution >= 4 is 44.5 Å². The number of thiocarbonyl (C=S) groups is 1. The molecular formula is C13H12BrNOS2. The van der Waals surface area contributed by atoms with Gasteiger partial charge in [-0.2, -0.15) is 0 Å². The maximum Gasteiger partial charge on any atom is 0.123 e. The van der Waals surface area contributed by atoms with Crippen LogP contribution in [0.3, 0.4) is 0 Å². The van der Waals surface area contributed by atoms with Gasteiger partial charge in [0.05, 0.1) is 3.79 Å². The Bertz CT molecular complexity index is 580. The second-order valence-electron chi connectivity index (χ2n) is 3.84. The van der Waals surface area contributed by atoms with E-state index in [9.17, 15) is 0 Å². The Morgan fingerprint density at radius 1 is 1.39 bits per heavy atom. The molecule has 5 heteroatoms. The molecule has 0 amide bonds. The summed E-state index contributed by atoms with van der Waals surface area (Å²) in [6.07, 6.45) is 0. The van der Waals surface area contributed by atoms with E-state index in [1.54, 1.807) is 11.3 Å². The molecule has 0 saturated heterocycles. The molecule has 1 heterocycles. The topological polar surface area (TPSA) is 35.2 Å². The Morgan fingerprint density at radius 2 is 2.17 bits per heavy atom. The van der Waals surface area contributed by atoms with E-state index in [2.05, 4.69) is 15.9 Å². The third-order valence-corrected chi connectivity index (χ3v) is 4.30. The average Bonchev–Trinajstić information content (AvgIpc) is 2.74. The highest BCUT2D eigenvalue weighted by Gasteiger charge is 2.05. The van der Waals surface area contributed by atoms with Crippen LogP contribution in [0.15, 0.2) is 34.1 Å². The Morgan fingerprint density at radius 3 is 2.78 bits per heavy atom. The van der Waals surface area contributed by atoms with Crippen molar-refractivity contribution in [1.82, 2.24) is 0 Å². The zero-order chi connectivity index (χ0) is 13.1. The molecule has 1 aromatic carbocycles. The lowest BCUT2D eigenvalue weighted by Crippen LogP contribution is -2.09. The van der Waals surface area contributed by atoms with Crippen LogP contribution in [0.5, 0.6) is 5.75 Å². The van der Waals surface area contributed by atoms with Crippen molar-refractivity contribution in [2.24, 2.45) is 5.73 Å². The quantitative estimate of drug-likeness (QED) is 0.852. The first kappa shape index (κ1) is 13.5. The van der Waals surface area contributed by atoms with Crippen LogP contribution in [-0.2, 0) is 6.61 Å². The summed E-state index contributed by atoms with van der Waals surface area (Å²) in [5.74, 6) is 0.824. The fraction of sp³-hybridized carbons (Fsp3) is 0.154. The van der Waals surface area contributed by atoms with Crippen molar-refractivity contribution in [1.29, 1.82) is 0 Å². The molecule has 0 atom stereocenters. The van der Waals surface area contributed by atoms with Crippen LogP contribution < -0.4 is 10.5 Å². The van der Waals surface area contributed by atoms with Crippen molar-refractivity contribution in [3.05, 3.63) is 50.1 Å². The van der Waals surface area contributed by atoms with Gasteiger partial charge in [0.1, 0.15) is 17.3 Å². The number of nitrogens with two attached hydrogens (primary N) is 1. The highest BCUT2D eigenvalue weighted by molar-refractivity contribution is 9.11. The van der Waals surface area contributed by atoms with Crippen molar-refractivity contribution < 1.29 is 4.74 Å². The normalized spacial score (nSPS) is 10.3. The number of hydrogen-bond donors (Lipinski definition) is 1. The molecule has 0 spiro atoms. The minimum atomic E-state index is 0.388. The predicted octanol–water partition coefficient (Wildman–Crippen LogP) is 4.03. The van der Waals surface area contributed by atoms with Crippen LogP contribution in [0.2, 0.25) is 0 Å². The van der Waals surface area contributed by atoms with Gasteiger partial charge in [0, 0.05) is 10.4 Å². The molecule has 2 rings (SSSR count). The van der Waals surface area contributed by atoms with Crippen LogP contribution >= 0.6 is 39.5 Å². The van der Waals surface area contributed by atoms with E-state index in [1.165, 1.54) is 4.88 Å². The third kappa shape index (κ3) is 3.31. The van der Waals surface area contributed by atoms with Gasteiger partial charge in [-0.3, -0.25) is 0 Å². The molecule has 0 aliphatic heterocycles. The Labute approximate surface area is 124 Å². The van der Waals surface area contributed by atoms with E-state index in [4.69, 9.17) is 22.7 Å². The van der Waals surface area contributed by atoms with E-state index in [0.29, 0.717) is 11.6 Å². The molecule has 0 bridgehead atoms. The fourth-order valence-corrected chi connectivity index (χ4v) is 3.01.